The van der Waals surface area contributed by atoms with Gasteiger partial charge in [0.15, 0.2) is 0 Å². The SMILES string of the molecule is COC(=O)NCC1CN(c2nccc(-c3ccc4ccccc4c3)n2)C1. The topological polar surface area (TPSA) is 67.3 Å². The Bertz CT molecular complexity index is 938. The molecule has 6 heteroatoms. The number of rotatable bonds is 4. The van der Waals surface area contributed by atoms with Gasteiger partial charge in [-0.3, -0.25) is 0 Å². The highest BCUT2D eigenvalue weighted by molar-refractivity contribution is 5.86. The summed E-state index contributed by atoms with van der Waals surface area (Å²) >= 11 is 0. The molecule has 0 bridgehead atoms. The number of carbonyl (C=O) groups excluding carboxylic acids is 1. The highest BCUT2D eigenvalue weighted by Gasteiger charge is 2.29. The quantitative estimate of drug-likeness (QED) is 0.785. The second-order valence-electron chi connectivity index (χ2n) is 6.45. The molecule has 0 saturated carbocycles. The number of aromatic nitrogens is 2. The van der Waals surface area contributed by atoms with Crippen LogP contribution in [-0.4, -0.2) is 42.8 Å². The van der Waals surface area contributed by atoms with Gasteiger partial charge < -0.3 is 15.0 Å². The third-order valence-electron chi connectivity index (χ3n) is 4.65. The van der Waals surface area contributed by atoms with Crippen LogP contribution in [0.1, 0.15) is 0 Å². The van der Waals surface area contributed by atoms with E-state index in [-0.39, 0.29) is 0 Å². The van der Waals surface area contributed by atoms with Gasteiger partial charge in [0, 0.05) is 37.3 Å². The van der Waals surface area contributed by atoms with Crippen LogP contribution < -0.4 is 10.2 Å². The Balaban J connectivity index is 1.46. The Labute approximate surface area is 151 Å². The standard InChI is InChI=1S/C20H20N4O2/c1-26-20(25)22-11-14-12-24(13-14)19-21-9-8-18(23-19)17-7-6-15-4-2-3-5-16(15)10-17/h2-10,14H,11-13H2,1H3,(H,22,25). The summed E-state index contributed by atoms with van der Waals surface area (Å²) in [4.78, 5) is 22.4. The van der Waals surface area contributed by atoms with Gasteiger partial charge in [-0.1, -0.05) is 36.4 Å². The maximum absolute atomic E-state index is 11.1. The van der Waals surface area contributed by atoms with E-state index in [1.807, 2.05) is 18.2 Å². The minimum absolute atomic E-state index is 0.391. The zero-order chi connectivity index (χ0) is 17.9. The molecule has 1 aliphatic heterocycles. The predicted octanol–water partition coefficient (Wildman–Crippen LogP) is 3.09. The average molecular weight is 348 g/mol. The van der Waals surface area contributed by atoms with Gasteiger partial charge in [-0.05, 0) is 22.9 Å². The molecule has 1 amide bonds. The van der Waals surface area contributed by atoms with Gasteiger partial charge in [-0.15, -0.1) is 0 Å². The summed E-state index contributed by atoms with van der Waals surface area (Å²) < 4.78 is 4.59. The van der Waals surface area contributed by atoms with Crippen molar-refractivity contribution in [3.05, 3.63) is 54.7 Å². The predicted molar refractivity (Wildman–Crippen MR) is 101 cm³/mol. The number of hydrogen-bond acceptors (Lipinski definition) is 5. The molecule has 1 aliphatic rings. The van der Waals surface area contributed by atoms with Crippen molar-refractivity contribution < 1.29 is 9.53 Å². The lowest BCUT2D eigenvalue weighted by Crippen LogP contribution is -2.52. The highest BCUT2D eigenvalue weighted by atomic mass is 16.5. The number of benzene rings is 2. The molecule has 0 atom stereocenters. The lowest BCUT2D eigenvalue weighted by atomic mass is 10.0. The molecule has 2 heterocycles. The summed E-state index contributed by atoms with van der Waals surface area (Å²) in [5, 5.41) is 5.15. The summed E-state index contributed by atoms with van der Waals surface area (Å²) in [6, 6.07) is 16.6. The second kappa shape index (κ2) is 7.00. The average Bonchev–Trinajstić information content (AvgIpc) is 2.66. The zero-order valence-corrected chi connectivity index (χ0v) is 14.6. The van der Waals surface area contributed by atoms with Crippen molar-refractivity contribution in [3.8, 4) is 11.3 Å². The molecule has 0 unspecified atom stereocenters. The molecule has 0 spiro atoms. The molecule has 1 fully saturated rings. The Kier molecular flexibility index (Phi) is 4.39. The molecule has 3 aromatic rings. The zero-order valence-electron chi connectivity index (χ0n) is 14.6. The summed E-state index contributed by atoms with van der Waals surface area (Å²) in [6.07, 6.45) is 1.41. The fraction of sp³-hybridized carbons (Fsp3) is 0.250. The Morgan fingerprint density at radius 1 is 1.19 bits per heavy atom. The molecule has 26 heavy (non-hydrogen) atoms. The fourth-order valence-corrected chi connectivity index (χ4v) is 3.17. The molecule has 1 N–H and O–H groups in total. The maximum Gasteiger partial charge on any atom is 0.406 e. The van der Waals surface area contributed by atoms with Crippen molar-refractivity contribution in [2.45, 2.75) is 0 Å². The molecular formula is C20H20N4O2. The number of methoxy groups -OCH3 is 1. The van der Waals surface area contributed by atoms with Gasteiger partial charge >= 0.3 is 6.09 Å². The molecule has 0 radical (unpaired) electrons. The van der Waals surface area contributed by atoms with Crippen molar-refractivity contribution in [1.82, 2.24) is 15.3 Å². The molecule has 1 aromatic heterocycles. The third kappa shape index (κ3) is 3.31. The molecular weight excluding hydrogens is 328 g/mol. The van der Waals surface area contributed by atoms with Gasteiger partial charge in [0.25, 0.3) is 0 Å². The van der Waals surface area contributed by atoms with Crippen molar-refractivity contribution in [3.63, 3.8) is 0 Å². The van der Waals surface area contributed by atoms with Gasteiger partial charge in [0.2, 0.25) is 5.95 Å². The summed E-state index contributed by atoms with van der Waals surface area (Å²) in [5.41, 5.74) is 1.99. The van der Waals surface area contributed by atoms with Crippen LogP contribution in [0.3, 0.4) is 0 Å². The van der Waals surface area contributed by atoms with Crippen LogP contribution in [-0.2, 0) is 4.74 Å². The monoisotopic (exact) mass is 348 g/mol. The van der Waals surface area contributed by atoms with Crippen LogP contribution in [0.25, 0.3) is 22.0 Å². The minimum atomic E-state index is -0.391. The molecule has 2 aromatic carbocycles. The number of ether oxygens (including phenoxy) is 1. The van der Waals surface area contributed by atoms with Crippen molar-refractivity contribution in [2.75, 3.05) is 31.6 Å². The van der Waals surface area contributed by atoms with E-state index in [1.54, 1.807) is 6.20 Å². The van der Waals surface area contributed by atoms with E-state index in [2.05, 4.69) is 50.3 Å². The minimum Gasteiger partial charge on any atom is -0.453 e. The van der Waals surface area contributed by atoms with Crippen LogP contribution >= 0.6 is 0 Å². The van der Waals surface area contributed by atoms with Crippen LogP contribution in [0.15, 0.2) is 54.7 Å². The number of nitrogens with zero attached hydrogens (tertiary/aromatic N) is 3. The van der Waals surface area contributed by atoms with Gasteiger partial charge in [-0.2, -0.15) is 0 Å². The number of nitrogens with one attached hydrogen (secondary N) is 1. The summed E-state index contributed by atoms with van der Waals surface area (Å²) in [6.45, 7) is 2.25. The molecule has 132 valence electrons. The number of anilines is 1. The smallest absolute Gasteiger partial charge is 0.406 e. The van der Waals surface area contributed by atoms with E-state index < -0.39 is 6.09 Å². The van der Waals surface area contributed by atoms with Crippen LogP contribution in [0, 0.1) is 5.92 Å². The number of carbonyl (C=O) groups is 1. The molecule has 1 saturated heterocycles. The first kappa shape index (κ1) is 16.3. The Morgan fingerprint density at radius 3 is 2.81 bits per heavy atom. The first-order chi connectivity index (χ1) is 12.7. The van der Waals surface area contributed by atoms with E-state index in [0.29, 0.717) is 12.5 Å². The number of hydrogen-bond donors (Lipinski definition) is 1. The van der Waals surface area contributed by atoms with Crippen LogP contribution in [0.5, 0.6) is 0 Å². The van der Waals surface area contributed by atoms with E-state index in [1.165, 1.54) is 17.9 Å². The first-order valence-electron chi connectivity index (χ1n) is 8.62. The largest absolute Gasteiger partial charge is 0.453 e. The van der Waals surface area contributed by atoms with Crippen molar-refractivity contribution in [2.24, 2.45) is 5.92 Å². The van der Waals surface area contributed by atoms with Gasteiger partial charge in [0.05, 0.1) is 12.8 Å². The highest BCUT2D eigenvalue weighted by Crippen LogP contribution is 2.26. The number of alkyl carbamates (subject to hydrolysis) is 1. The normalized spacial score (nSPS) is 14.1. The molecule has 6 nitrogen and oxygen atoms in total. The molecule has 0 aliphatic carbocycles. The van der Waals surface area contributed by atoms with Crippen LogP contribution in [0.4, 0.5) is 10.7 Å². The summed E-state index contributed by atoms with van der Waals surface area (Å²) in [5.74, 6) is 1.12. The Hall–Kier alpha value is -3.15. The van der Waals surface area contributed by atoms with E-state index in [0.717, 1.165) is 30.3 Å². The van der Waals surface area contributed by atoms with Crippen LogP contribution in [0.2, 0.25) is 0 Å². The summed E-state index contributed by atoms with van der Waals surface area (Å²) in [7, 11) is 1.37. The van der Waals surface area contributed by atoms with Gasteiger partial charge in [-0.25, -0.2) is 14.8 Å². The fourth-order valence-electron chi connectivity index (χ4n) is 3.17. The first-order valence-corrected chi connectivity index (χ1v) is 8.62. The van der Waals surface area contributed by atoms with Gasteiger partial charge in [0.1, 0.15) is 0 Å². The van der Waals surface area contributed by atoms with Crippen molar-refractivity contribution >= 4 is 22.8 Å². The lowest BCUT2D eigenvalue weighted by Gasteiger charge is -2.39. The Morgan fingerprint density at radius 2 is 2.00 bits per heavy atom. The molecule has 4 rings (SSSR count). The van der Waals surface area contributed by atoms with E-state index >= 15 is 0 Å². The number of fused-ring (bicyclic) bond motifs is 1. The second-order valence-corrected chi connectivity index (χ2v) is 6.45. The van der Waals surface area contributed by atoms with E-state index in [4.69, 9.17) is 4.98 Å². The van der Waals surface area contributed by atoms with E-state index in [9.17, 15) is 4.79 Å². The lowest BCUT2D eigenvalue weighted by molar-refractivity contribution is 0.168. The third-order valence-corrected chi connectivity index (χ3v) is 4.65. The number of amides is 1. The maximum atomic E-state index is 11.1. The van der Waals surface area contributed by atoms with Crippen molar-refractivity contribution in [1.29, 1.82) is 0 Å².